The Balaban J connectivity index is 2.19. The van der Waals surface area contributed by atoms with Gasteiger partial charge in [-0.2, -0.15) is 0 Å². The molecule has 0 aromatic heterocycles. The quantitative estimate of drug-likeness (QED) is 0.525. The lowest BCUT2D eigenvalue weighted by Gasteiger charge is -2.36. The van der Waals surface area contributed by atoms with E-state index in [0.717, 1.165) is 5.56 Å². The molecule has 0 heterocycles. The van der Waals surface area contributed by atoms with Gasteiger partial charge in [0.15, 0.2) is 0 Å². The fraction of sp³-hybridized carbons (Fsp3) is 0.364. The van der Waals surface area contributed by atoms with E-state index in [0.29, 0.717) is 18.4 Å². The van der Waals surface area contributed by atoms with Gasteiger partial charge in [0, 0.05) is 5.56 Å². The summed E-state index contributed by atoms with van der Waals surface area (Å²) < 4.78 is 5.34. The number of rotatable bonds is 9. The lowest BCUT2D eigenvalue weighted by Crippen LogP contribution is -2.62. The molecule has 1 amide bonds. The number of hydrazine groups is 1. The summed E-state index contributed by atoms with van der Waals surface area (Å²) in [5.74, 6) is -0.731. The first-order valence-electron chi connectivity index (χ1n) is 9.33. The van der Waals surface area contributed by atoms with Gasteiger partial charge in [0.25, 0.3) is 5.91 Å². The Morgan fingerprint density at radius 3 is 2.15 bits per heavy atom. The van der Waals surface area contributed by atoms with E-state index in [-0.39, 0.29) is 24.4 Å². The van der Waals surface area contributed by atoms with Crippen LogP contribution in [0, 0.1) is 5.92 Å². The van der Waals surface area contributed by atoms with E-state index in [9.17, 15) is 9.59 Å². The second kappa shape index (κ2) is 9.88. The van der Waals surface area contributed by atoms with E-state index in [4.69, 9.17) is 4.74 Å². The summed E-state index contributed by atoms with van der Waals surface area (Å²) in [4.78, 5) is 25.3. The standard InChI is InChI=1S/C22H28N2O3/c1-4-27-21(26)22(17(2)3,16-15-18-11-7-5-8-12-18)24-23-20(25)19-13-9-6-10-14-19/h5-14,17,24H,4,15-16H2,1-3H3,(H,23,25). The molecule has 2 N–H and O–H groups in total. The summed E-state index contributed by atoms with van der Waals surface area (Å²) >= 11 is 0. The highest BCUT2D eigenvalue weighted by Gasteiger charge is 2.43. The molecule has 1 atom stereocenters. The normalized spacial score (nSPS) is 13.0. The highest BCUT2D eigenvalue weighted by atomic mass is 16.5. The molecule has 0 aliphatic carbocycles. The van der Waals surface area contributed by atoms with Crippen molar-refractivity contribution in [1.82, 2.24) is 10.9 Å². The number of benzene rings is 2. The van der Waals surface area contributed by atoms with Gasteiger partial charge < -0.3 is 4.74 Å². The van der Waals surface area contributed by atoms with Gasteiger partial charge in [0.1, 0.15) is 5.54 Å². The molecule has 0 saturated carbocycles. The molecule has 2 aromatic rings. The highest BCUT2D eigenvalue weighted by Crippen LogP contribution is 2.25. The van der Waals surface area contributed by atoms with E-state index in [1.165, 1.54) is 0 Å². The maximum absolute atomic E-state index is 12.8. The minimum absolute atomic E-state index is 0.0867. The number of amides is 1. The Kier molecular flexibility index (Phi) is 7.55. The average molecular weight is 368 g/mol. The first-order chi connectivity index (χ1) is 13.0. The number of aryl methyl sites for hydroxylation is 1. The van der Waals surface area contributed by atoms with E-state index < -0.39 is 5.54 Å². The molecule has 5 heteroatoms. The summed E-state index contributed by atoms with van der Waals surface area (Å²) in [6, 6.07) is 18.9. The van der Waals surface area contributed by atoms with Gasteiger partial charge in [-0.25, -0.2) is 10.2 Å². The molecule has 0 radical (unpaired) electrons. The van der Waals surface area contributed by atoms with Crippen LogP contribution in [0.3, 0.4) is 0 Å². The number of esters is 1. The minimum atomic E-state index is -1.02. The second-order valence-electron chi connectivity index (χ2n) is 6.78. The zero-order valence-electron chi connectivity index (χ0n) is 16.2. The van der Waals surface area contributed by atoms with Crippen molar-refractivity contribution in [3.8, 4) is 0 Å². The first kappa shape index (κ1) is 20.6. The topological polar surface area (TPSA) is 67.4 Å². The highest BCUT2D eigenvalue weighted by molar-refractivity contribution is 5.94. The SMILES string of the molecule is CCOC(=O)C(CCc1ccccc1)(NNC(=O)c1ccccc1)C(C)C. The third-order valence-electron chi connectivity index (χ3n) is 4.71. The van der Waals surface area contributed by atoms with Gasteiger partial charge in [0.2, 0.25) is 0 Å². The molecule has 144 valence electrons. The fourth-order valence-electron chi connectivity index (χ4n) is 2.96. The van der Waals surface area contributed by atoms with Crippen molar-refractivity contribution >= 4 is 11.9 Å². The van der Waals surface area contributed by atoms with Crippen LogP contribution in [-0.4, -0.2) is 24.0 Å². The maximum atomic E-state index is 12.8. The van der Waals surface area contributed by atoms with E-state index in [2.05, 4.69) is 10.9 Å². The van der Waals surface area contributed by atoms with Gasteiger partial charge in [-0.3, -0.25) is 10.2 Å². The van der Waals surface area contributed by atoms with Crippen molar-refractivity contribution in [3.05, 3.63) is 71.8 Å². The third kappa shape index (κ3) is 5.41. The van der Waals surface area contributed by atoms with Gasteiger partial charge in [-0.1, -0.05) is 62.4 Å². The molecule has 0 aliphatic rings. The molecule has 2 rings (SSSR count). The molecular weight excluding hydrogens is 340 g/mol. The number of carbonyl (C=O) groups excluding carboxylic acids is 2. The Labute approximate surface area is 161 Å². The summed E-state index contributed by atoms with van der Waals surface area (Å²) in [7, 11) is 0. The van der Waals surface area contributed by atoms with Crippen LogP contribution in [0.5, 0.6) is 0 Å². The van der Waals surface area contributed by atoms with Crippen molar-refractivity contribution in [1.29, 1.82) is 0 Å². The van der Waals surface area contributed by atoms with E-state index in [1.807, 2.05) is 50.2 Å². The number of nitrogens with one attached hydrogen (secondary N) is 2. The molecule has 0 spiro atoms. The Hall–Kier alpha value is -2.66. The van der Waals surface area contributed by atoms with Crippen LogP contribution >= 0.6 is 0 Å². The minimum Gasteiger partial charge on any atom is -0.465 e. The van der Waals surface area contributed by atoms with Crippen LogP contribution in [0.25, 0.3) is 0 Å². The predicted molar refractivity (Wildman–Crippen MR) is 106 cm³/mol. The van der Waals surface area contributed by atoms with Crippen LogP contribution in [0.15, 0.2) is 60.7 Å². The van der Waals surface area contributed by atoms with E-state index in [1.54, 1.807) is 31.2 Å². The molecule has 2 aromatic carbocycles. The van der Waals surface area contributed by atoms with Crippen LogP contribution in [0.2, 0.25) is 0 Å². The number of hydrogen-bond donors (Lipinski definition) is 2. The van der Waals surface area contributed by atoms with Gasteiger partial charge in [-0.15, -0.1) is 0 Å². The molecule has 0 bridgehead atoms. The van der Waals surface area contributed by atoms with Gasteiger partial charge in [0.05, 0.1) is 6.61 Å². The number of ether oxygens (including phenoxy) is 1. The van der Waals surface area contributed by atoms with Crippen LogP contribution in [-0.2, 0) is 16.0 Å². The van der Waals surface area contributed by atoms with Crippen molar-refractivity contribution in [3.63, 3.8) is 0 Å². The zero-order valence-corrected chi connectivity index (χ0v) is 16.2. The van der Waals surface area contributed by atoms with Crippen molar-refractivity contribution in [2.24, 2.45) is 5.92 Å². The lowest BCUT2D eigenvalue weighted by molar-refractivity contribution is -0.154. The number of carbonyl (C=O) groups is 2. The van der Waals surface area contributed by atoms with Crippen LogP contribution in [0.4, 0.5) is 0 Å². The molecule has 5 nitrogen and oxygen atoms in total. The zero-order chi connectivity index (χ0) is 19.7. The van der Waals surface area contributed by atoms with Crippen molar-refractivity contribution in [2.75, 3.05) is 6.61 Å². The summed E-state index contributed by atoms with van der Waals surface area (Å²) in [5.41, 5.74) is 6.35. The van der Waals surface area contributed by atoms with Crippen molar-refractivity contribution < 1.29 is 14.3 Å². The smallest absolute Gasteiger partial charge is 0.328 e. The molecular formula is C22H28N2O3. The van der Waals surface area contributed by atoms with Gasteiger partial charge >= 0.3 is 5.97 Å². The predicted octanol–water partition coefficient (Wildman–Crippen LogP) is 3.51. The average Bonchev–Trinajstić information content (AvgIpc) is 2.69. The van der Waals surface area contributed by atoms with E-state index >= 15 is 0 Å². The monoisotopic (exact) mass is 368 g/mol. The molecule has 0 aliphatic heterocycles. The molecule has 27 heavy (non-hydrogen) atoms. The Morgan fingerprint density at radius 2 is 1.59 bits per heavy atom. The third-order valence-corrected chi connectivity index (χ3v) is 4.71. The van der Waals surface area contributed by atoms with Gasteiger partial charge in [-0.05, 0) is 43.4 Å². The Morgan fingerprint density at radius 1 is 1.00 bits per heavy atom. The first-order valence-corrected chi connectivity index (χ1v) is 9.33. The summed E-state index contributed by atoms with van der Waals surface area (Å²) in [5, 5.41) is 0. The lowest BCUT2D eigenvalue weighted by atomic mass is 9.81. The van der Waals surface area contributed by atoms with Crippen molar-refractivity contribution in [2.45, 2.75) is 39.2 Å². The molecule has 0 saturated heterocycles. The molecule has 1 unspecified atom stereocenters. The Bertz CT molecular complexity index is 732. The summed E-state index contributed by atoms with van der Waals surface area (Å²) in [6.07, 6.45) is 1.19. The van der Waals surface area contributed by atoms with Crippen LogP contribution < -0.4 is 10.9 Å². The fourth-order valence-corrected chi connectivity index (χ4v) is 2.96. The number of hydrogen-bond acceptors (Lipinski definition) is 4. The second-order valence-corrected chi connectivity index (χ2v) is 6.78. The largest absolute Gasteiger partial charge is 0.465 e. The molecule has 0 fully saturated rings. The summed E-state index contributed by atoms with van der Waals surface area (Å²) in [6.45, 7) is 5.96. The van der Waals surface area contributed by atoms with Crippen LogP contribution in [0.1, 0.15) is 43.1 Å². The maximum Gasteiger partial charge on any atom is 0.328 e.